The third kappa shape index (κ3) is 3.83. The highest BCUT2D eigenvalue weighted by Gasteiger charge is 2.28. The number of hydrogen-bond acceptors (Lipinski definition) is 3. The summed E-state index contributed by atoms with van der Waals surface area (Å²) in [7, 11) is 0. The number of para-hydroxylation sites is 1. The number of benzene rings is 2. The fourth-order valence-electron chi connectivity index (χ4n) is 3.56. The van der Waals surface area contributed by atoms with Crippen molar-refractivity contribution in [3.05, 3.63) is 64.8 Å². The summed E-state index contributed by atoms with van der Waals surface area (Å²) in [6.07, 6.45) is 3.15. The molecule has 0 aliphatic carbocycles. The Bertz CT molecular complexity index is 1010. The topological polar surface area (TPSA) is 71.2 Å². The highest BCUT2D eigenvalue weighted by atomic mass is 35.5. The number of aromatic nitrogens is 1. The lowest BCUT2D eigenvalue weighted by Crippen LogP contribution is -2.29. The van der Waals surface area contributed by atoms with Crippen molar-refractivity contribution in [1.29, 1.82) is 0 Å². The first-order chi connectivity index (χ1) is 13.1. The molecule has 138 valence electrons. The van der Waals surface area contributed by atoms with Crippen LogP contribution in [0.4, 0.5) is 0 Å². The van der Waals surface area contributed by atoms with Gasteiger partial charge in [0.05, 0.1) is 6.42 Å². The summed E-state index contributed by atoms with van der Waals surface area (Å²) < 4.78 is 5.24. The molecule has 0 fully saturated rings. The van der Waals surface area contributed by atoms with Gasteiger partial charge in [-0.2, -0.15) is 0 Å². The van der Waals surface area contributed by atoms with Crippen LogP contribution >= 0.6 is 11.6 Å². The van der Waals surface area contributed by atoms with Gasteiger partial charge < -0.3 is 15.0 Å². The molecule has 3 aromatic rings. The van der Waals surface area contributed by atoms with E-state index in [4.69, 9.17) is 16.3 Å². The largest absolute Gasteiger partial charge is 0.426 e. The van der Waals surface area contributed by atoms with Crippen LogP contribution in [-0.4, -0.2) is 23.4 Å². The van der Waals surface area contributed by atoms with Crippen LogP contribution in [0.5, 0.6) is 5.75 Å². The van der Waals surface area contributed by atoms with Crippen molar-refractivity contribution in [3.63, 3.8) is 0 Å². The van der Waals surface area contributed by atoms with Crippen LogP contribution in [-0.2, 0) is 16.0 Å². The maximum Gasteiger partial charge on any atom is 0.311 e. The first-order valence-corrected chi connectivity index (χ1v) is 9.30. The summed E-state index contributed by atoms with van der Waals surface area (Å²) in [5.41, 5.74) is 3.05. The Morgan fingerprint density at radius 1 is 1.26 bits per heavy atom. The predicted octanol–water partition coefficient (Wildman–Crippen LogP) is 3.96. The molecule has 1 amide bonds. The van der Waals surface area contributed by atoms with E-state index in [0.717, 1.165) is 22.0 Å². The number of hydrogen-bond donors (Lipinski definition) is 2. The van der Waals surface area contributed by atoms with Gasteiger partial charge in [0.25, 0.3) is 0 Å². The average Bonchev–Trinajstić information content (AvgIpc) is 3.04. The lowest BCUT2D eigenvalue weighted by atomic mass is 9.89. The molecular formula is C21H19ClN2O3. The Labute approximate surface area is 161 Å². The van der Waals surface area contributed by atoms with Crippen LogP contribution < -0.4 is 10.1 Å². The molecule has 0 spiro atoms. The summed E-state index contributed by atoms with van der Waals surface area (Å²) in [6.45, 7) is 0.525. The molecule has 4 rings (SSSR count). The number of H-pyrrole nitrogens is 1. The number of aromatic amines is 1. The lowest BCUT2D eigenvalue weighted by molar-refractivity contribution is -0.136. The minimum Gasteiger partial charge on any atom is -0.426 e. The third-order valence-corrected chi connectivity index (χ3v) is 5.11. The Kier molecular flexibility index (Phi) is 4.86. The molecule has 2 aromatic carbocycles. The molecule has 1 atom stereocenters. The number of carbonyl (C=O) groups is 2. The van der Waals surface area contributed by atoms with Crippen molar-refractivity contribution in [2.45, 2.75) is 25.2 Å². The van der Waals surface area contributed by atoms with Crippen molar-refractivity contribution >= 4 is 34.4 Å². The molecule has 0 saturated carbocycles. The van der Waals surface area contributed by atoms with Gasteiger partial charge in [-0.05, 0) is 41.8 Å². The number of carbonyl (C=O) groups excluding carboxylic acids is 2. The molecule has 1 aliphatic heterocycles. The zero-order valence-electron chi connectivity index (χ0n) is 14.6. The molecule has 5 nitrogen and oxygen atoms in total. The summed E-state index contributed by atoms with van der Waals surface area (Å²) in [4.78, 5) is 27.4. The van der Waals surface area contributed by atoms with E-state index < -0.39 is 0 Å². The third-order valence-electron chi connectivity index (χ3n) is 4.87. The van der Waals surface area contributed by atoms with E-state index in [1.165, 1.54) is 0 Å². The number of rotatable bonds is 5. The van der Waals surface area contributed by atoms with Gasteiger partial charge in [0.15, 0.2) is 0 Å². The SMILES string of the molecule is O=C(CC1CC(=O)Oc2ccccc21)NCCc1c[nH]c2ccc(Cl)cc12. The second-order valence-electron chi connectivity index (χ2n) is 6.72. The first-order valence-electron chi connectivity index (χ1n) is 8.92. The predicted molar refractivity (Wildman–Crippen MR) is 104 cm³/mol. The fraction of sp³-hybridized carbons (Fsp3) is 0.238. The van der Waals surface area contributed by atoms with Gasteiger partial charge in [0.1, 0.15) is 5.75 Å². The van der Waals surface area contributed by atoms with Crippen molar-refractivity contribution in [1.82, 2.24) is 10.3 Å². The minimum absolute atomic E-state index is 0.0672. The van der Waals surface area contributed by atoms with Gasteiger partial charge in [-0.25, -0.2) is 0 Å². The lowest BCUT2D eigenvalue weighted by Gasteiger charge is -2.23. The van der Waals surface area contributed by atoms with Crippen molar-refractivity contribution in [2.75, 3.05) is 6.54 Å². The standard InChI is InChI=1S/C21H19ClN2O3/c22-15-5-6-18-17(11-15)13(12-24-18)7-8-23-20(25)9-14-10-21(26)27-19-4-2-1-3-16(14)19/h1-6,11-12,14,24H,7-10H2,(H,23,25). The number of halogens is 1. The first kappa shape index (κ1) is 17.6. The Hall–Kier alpha value is -2.79. The van der Waals surface area contributed by atoms with Crippen LogP contribution in [0.3, 0.4) is 0 Å². The summed E-state index contributed by atoms with van der Waals surface area (Å²) in [6, 6.07) is 13.1. The van der Waals surface area contributed by atoms with Crippen LogP contribution in [0.25, 0.3) is 10.9 Å². The number of amides is 1. The molecule has 0 saturated heterocycles. The second kappa shape index (κ2) is 7.45. The van der Waals surface area contributed by atoms with E-state index in [1.54, 1.807) is 6.07 Å². The highest BCUT2D eigenvalue weighted by Crippen LogP contribution is 2.35. The minimum atomic E-state index is -0.290. The highest BCUT2D eigenvalue weighted by molar-refractivity contribution is 6.31. The number of fused-ring (bicyclic) bond motifs is 2. The molecule has 1 aromatic heterocycles. The summed E-state index contributed by atoms with van der Waals surface area (Å²) >= 11 is 6.07. The molecule has 27 heavy (non-hydrogen) atoms. The van der Waals surface area contributed by atoms with Crippen LogP contribution in [0.15, 0.2) is 48.7 Å². The summed E-state index contributed by atoms with van der Waals surface area (Å²) in [5.74, 6) is 0.0566. The molecule has 1 unspecified atom stereocenters. The zero-order valence-corrected chi connectivity index (χ0v) is 15.4. The fourth-order valence-corrected chi connectivity index (χ4v) is 3.73. The van der Waals surface area contributed by atoms with Crippen LogP contribution in [0.2, 0.25) is 5.02 Å². The smallest absolute Gasteiger partial charge is 0.311 e. The molecule has 0 bridgehead atoms. The Morgan fingerprint density at radius 2 is 2.11 bits per heavy atom. The molecule has 6 heteroatoms. The van der Waals surface area contributed by atoms with Crippen LogP contribution in [0.1, 0.15) is 29.9 Å². The monoisotopic (exact) mass is 382 g/mol. The zero-order chi connectivity index (χ0) is 18.8. The van der Waals surface area contributed by atoms with Gasteiger partial charge >= 0.3 is 5.97 Å². The van der Waals surface area contributed by atoms with E-state index in [2.05, 4.69) is 10.3 Å². The van der Waals surface area contributed by atoms with Crippen LogP contribution in [0, 0.1) is 0 Å². The second-order valence-corrected chi connectivity index (χ2v) is 7.16. The number of esters is 1. The van der Waals surface area contributed by atoms with Gasteiger partial charge in [0.2, 0.25) is 5.91 Å². The molecule has 2 heterocycles. The number of ether oxygens (including phenoxy) is 1. The molecule has 1 aliphatic rings. The molecular weight excluding hydrogens is 364 g/mol. The maximum atomic E-state index is 12.4. The van der Waals surface area contributed by atoms with Gasteiger partial charge in [0, 0.05) is 41.0 Å². The maximum absolute atomic E-state index is 12.4. The average molecular weight is 383 g/mol. The molecule has 2 N–H and O–H groups in total. The molecule has 0 radical (unpaired) electrons. The van der Waals surface area contributed by atoms with Crippen molar-refractivity contribution in [3.8, 4) is 5.75 Å². The van der Waals surface area contributed by atoms with E-state index in [9.17, 15) is 9.59 Å². The van der Waals surface area contributed by atoms with Gasteiger partial charge in [-0.1, -0.05) is 29.8 Å². The normalized spacial score (nSPS) is 16.0. The van der Waals surface area contributed by atoms with E-state index in [0.29, 0.717) is 23.7 Å². The van der Waals surface area contributed by atoms with E-state index >= 15 is 0 Å². The quantitative estimate of drug-likeness (QED) is 0.518. The van der Waals surface area contributed by atoms with Crippen molar-refractivity contribution in [2.24, 2.45) is 0 Å². The summed E-state index contributed by atoms with van der Waals surface area (Å²) in [5, 5.41) is 4.72. The van der Waals surface area contributed by atoms with E-state index in [-0.39, 0.29) is 30.6 Å². The van der Waals surface area contributed by atoms with Gasteiger partial charge in [-0.15, -0.1) is 0 Å². The van der Waals surface area contributed by atoms with E-state index in [1.807, 2.05) is 42.6 Å². The van der Waals surface area contributed by atoms with Crippen molar-refractivity contribution < 1.29 is 14.3 Å². The van der Waals surface area contributed by atoms with Gasteiger partial charge in [-0.3, -0.25) is 9.59 Å². The number of nitrogens with one attached hydrogen (secondary N) is 2. The Morgan fingerprint density at radius 3 is 3.00 bits per heavy atom. The Balaban J connectivity index is 1.36.